The van der Waals surface area contributed by atoms with Gasteiger partial charge in [0.25, 0.3) is 5.91 Å². The Bertz CT molecular complexity index is 600. The molecule has 1 amide bonds. The monoisotopic (exact) mass is 334 g/mol. The minimum atomic E-state index is -1.57. The molecule has 0 radical (unpaired) electrons. The Morgan fingerprint density at radius 2 is 2.25 bits per heavy atom. The number of hydrogen-bond acceptors (Lipinski definition) is 4. The number of halogens is 1. The number of aromatic nitrogens is 1. The number of hydrogen-bond donors (Lipinski definition) is 0. The van der Waals surface area contributed by atoms with Crippen LogP contribution in [-0.4, -0.2) is 53.4 Å². The van der Waals surface area contributed by atoms with E-state index in [4.69, 9.17) is 9.47 Å². The standard InChI is InChI=1S/C18H23FN2O3/c19-17(6-7-17)16(22)21-12-18(13-21)14(5-10-24-18)4-9-23-11-15-3-1-2-8-20-15/h1-3,8,14H,4-7,9-13H2/t14-/m0/s1. The summed E-state index contributed by atoms with van der Waals surface area (Å²) in [7, 11) is 0. The van der Waals surface area contributed by atoms with Crippen LogP contribution in [0.15, 0.2) is 24.4 Å². The number of ether oxygens (including phenoxy) is 2. The molecule has 1 atom stereocenters. The zero-order valence-corrected chi connectivity index (χ0v) is 13.7. The summed E-state index contributed by atoms with van der Waals surface area (Å²) in [6, 6.07) is 5.78. The SMILES string of the molecule is O=C(N1CC2(C1)OCC[C@@H]2CCOCc1ccccn1)C1(F)CC1. The Morgan fingerprint density at radius 3 is 2.96 bits per heavy atom. The lowest BCUT2D eigenvalue weighted by Gasteiger charge is -2.50. The average molecular weight is 334 g/mol. The molecular formula is C18H23FN2O3. The summed E-state index contributed by atoms with van der Waals surface area (Å²) in [6.45, 7) is 2.93. The molecule has 5 nitrogen and oxygen atoms in total. The third-order valence-electron chi connectivity index (χ3n) is 5.46. The predicted molar refractivity (Wildman–Crippen MR) is 85.0 cm³/mol. The number of alkyl halides is 1. The van der Waals surface area contributed by atoms with Crippen LogP contribution in [-0.2, 0) is 20.9 Å². The molecule has 0 unspecified atom stereocenters. The number of carbonyl (C=O) groups is 1. The van der Waals surface area contributed by atoms with Crippen molar-refractivity contribution in [1.82, 2.24) is 9.88 Å². The van der Waals surface area contributed by atoms with E-state index in [-0.39, 0.29) is 11.5 Å². The van der Waals surface area contributed by atoms with Gasteiger partial charge in [0.15, 0.2) is 5.67 Å². The summed E-state index contributed by atoms with van der Waals surface area (Å²) >= 11 is 0. The van der Waals surface area contributed by atoms with Gasteiger partial charge in [-0.3, -0.25) is 9.78 Å². The topological polar surface area (TPSA) is 51.7 Å². The van der Waals surface area contributed by atoms with Crippen molar-refractivity contribution < 1.29 is 18.7 Å². The second-order valence-corrected chi connectivity index (χ2v) is 7.19. The third-order valence-corrected chi connectivity index (χ3v) is 5.46. The maximum atomic E-state index is 13.9. The third kappa shape index (κ3) is 2.93. The van der Waals surface area contributed by atoms with Gasteiger partial charge in [0, 0.05) is 19.4 Å². The second kappa shape index (κ2) is 6.08. The summed E-state index contributed by atoms with van der Waals surface area (Å²) < 4.78 is 25.5. The van der Waals surface area contributed by atoms with Crippen molar-refractivity contribution in [1.29, 1.82) is 0 Å². The Balaban J connectivity index is 1.23. The van der Waals surface area contributed by atoms with E-state index in [1.54, 1.807) is 11.1 Å². The molecule has 1 saturated carbocycles. The number of likely N-dealkylation sites (tertiary alicyclic amines) is 1. The van der Waals surface area contributed by atoms with Crippen LogP contribution >= 0.6 is 0 Å². The van der Waals surface area contributed by atoms with Crippen LogP contribution < -0.4 is 0 Å². The first kappa shape index (κ1) is 16.0. The Labute approximate surface area is 141 Å². The molecule has 0 aromatic carbocycles. The van der Waals surface area contributed by atoms with Crippen molar-refractivity contribution in [3.05, 3.63) is 30.1 Å². The quantitative estimate of drug-likeness (QED) is 0.748. The molecule has 24 heavy (non-hydrogen) atoms. The number of amides is 1. The number of nitrogens with zero attached hydrogens (tertiary/aromatic N) is 2. The number of pyridine rings is 1. The van der Waals surface area contributed by atoms with Gasteiger partial charge in [0.1, 0.15) is 5.60 Å². The van der Waals surface area contributed by atoms with E-state index in [0.29, 0.717) is 51.7 Å². The largest absolute Gasteiger partial charge is 0.375 e. The highest BCUT2D eigenvalue weighted by Crippen LogP contribution is 2.47. The van der Waals surface area contributed by atoms with Gasteiger partial charge in [-0.2, -0.15) is 0 Å². The van der Waals surface area contributed by atoms with Crippen LogP contribution in [0.2, 0.25) is 0 Å². The first-order valence-electron chi connectivity index (χ1n) is 8.71. The van der Waals surface area contributed by atoms with Gasteiger partial charge in [0.05, 0.1) is 25.4 Å². The zero-order valence-electron chi connectivity index (χ0n) is 13.7. The second-order valence-electron chi connectivity index (χ2n) is 7.19. The molecule has 2 saturated heterocycles. The normalized spacial score (nSPS) is 26.4. The van der Waals surface area contributed by atoms with Crippen LogP contribution in [0.25, 0.3) is 0 Å². The molecule has 1 aromatic heterocycles. The average Bonchev–Trinajstić information content (AvgIpc) is 3.18. The first-order chi connectivity index (χ1) is 11.6. The first-order valence-corrected chi connectivity index (χ1v) is 8.71. The van der Waals surface area contributed by atoms with E-state index in [9.17, 15) is 9.18 Å². The number of carbonyl (C=O) groups excluding carboxylic acids is 1. The fraction of sp³-hybridized carbons (Fsp3) is 0.667. The van der Waals surface area contributed by atoms with E-state index < -0.39 is 5.67 Å². The molecule has 4 rings (SSSR count). The fourth-order valence-corrected chi connectivity index (χ4v) is 3.78. The lowest BCUT2D eigenvalue weighted by molar-refractivity contribution is -0.172. The molecule has 0 bridgehead atoms. The van der Waals surface area contributed by atoms with Gasteiger partial charge in [-0.1, -0.05) is 6.07 Å². The molecule has 2 aliphatic heterocycles. The zero-order chi connectivity index (χ0) is 16.6. The Morgan fingerprint density at radius 1 is 1.42 bits per heavy atom. The van der Waals surface area contributed by atoms with Gasteiger partial charge >= 0.3 is 0 Å². The molecule has 0 N–H and O–H groups in total. The van der Waals surface area contributed by atoms with Crippen LogP contribution in [0.3, 0.4) is 0 Å². The van der Waals surface area contributed by atoms with E-state index in [1.165, 1.54) is 0 Å². The summed E-state index contributed by atoms with van der Waals surface area (Å²) in [5.74, 6) is 0.0359. The molecule has 3 fully saturated rings. The summed E-state index contributed by atoms with van der Waals surface area (Å²) in [5.41, 5.74) is -0.912. The van der Waals surface area contributed by atoms with Crippen molar-refractivity contribution in [3.8, 4) is 0 Å². The lowest BCUT2D eigenvalue weighted by atomic mass is 9.79. The van der Waals surface area contributed by atoms with E-state index in [1.807, 2.05) is 18.2 Å². The molecule has 130 valence electrons. The highest BCUT2D eigenvalue weighted by Gasteiger charge is 2.60. The molecular weight excluding hydrogens is 311 g/mol. The van der Waals surface area contributed by atoms with Crippen LogP contribution in [0.1, 0.15) is 31.4 Å². The molecule has 1 aromatic rings. The minimum Gasteiger partial charge on any atom is -0.375 e. The maximum Gasteiger partial charge on any atom is 0.260 e. The molecule has 3 heterocycles. The van der Waals surface area contributed by atoms with E-state index >= 15 is 0 Å². The maximum absolute atomic E-state index is 13.9. The van der Waals surface area contributed by atoms with Gasteiger partial charge in [-0.25, -0.2) is 4.39 Å². The molecule has 1 spiro atoms. The van der Waals surface area contributed by atoms with Crippen molar-refractivity contribution >= 4 is 5.91 Å². The van der Waals surface area contributed by atoms with Gasteiger partial charge in [0.2, 0.25) is 0 Å². The molecule has 6 heteroatoms. The summed E-state index contributed by atoms with van der Waals surface area (Å²) in [5, 5.41) is 0. The van der Waals surface area contributed by atoms with E-state index in [2.05, 4.69) is 4.98 Å². The predicted octanol–water partition coefficient (Wildman–Crippen LogP) is 2.11. The Kier molecular flexibility index (Phi) is 4.04. The fourth-order valence-electron chi connectivity index (χ4n) is 3.78. The minimum absolute atomic E-state index is 0.269. The molecule has 1 aliphatic carbocycles. The van der Waals surface area contributed by atoms with Crippen LogP contribution in [0, 0.1) is 5.92 Å². The summed E-state index contributed by atoms with van der Waals surface area (Å²) in [6.07, 6.45) is 4.39. The van der Waals surface area contributed by atoms with Gasteiger partial charge in [-0.15, -0.1) is 0 Å². The Hall–Kier alpha value is -1.53. The summed E-state index contributed by atoms with van der Waals surface area (Å²) in [4.78, 5) is 17.9. The van der Waals surface area contributed by atoms with Crippen LogP contribution in [0.4, 0.5) is 4.39 Å². The van der Waals surface area contributed by atoms with Gasteiger partial charge < -0.3 is 14.4 Å². The lowest BCUT2D eigenvalue weighted by Crippen LogP contribution is -2.67. The highest BCUT2D eigenvalue weighted by atomic mass is 19.1. The highest BCUT2D eigenvalue weighted by molar-refractivity contribution is 5.88. The van der Waals surface area contributed by atoms with Crippen LogP contribution in [0.5, 0.6) is 0 Å². The van der Waals surface area contributed by atoms with E-state index in [0.717, 1.165) is 18.5 Å². The number of rotatable bonds is 6. The van der Waals surface area contributed by atoms with Gasteiger partial charge in [-0.05, 0) is 43.7 Å². The smallest absolute Gasteiger partial charge is 0.260 e. The van der Waals surface area contributed by atoms with Crippen molar-refractivity contribution in [2.24, 2.45) is 5.92 Å². The van der Waals surface area contributed by atoms with Crippen molar-refractivity contribution in [2.75, 3.05) is 26.3 Å². The van der Waals surface area contributed by atoms with Crippen molar-refractivity contribution in [3.63, 3.8) is 0 Å². The molecule has 3 aliphatic rings. The van der Waals surface area contributed by atoms with Crippen molar-refractivity contribution in [2.45, 2.75) is 43.6 Å².